The number of nitrogens with zero attached hydrogens (tertiary/aromatic N) is 7. The van der Waals surface area contributed by atoms with Crippen LogP contribution in [0.3, 0.4) is 0 Å². The van der Waals surface area contributed by atoms with E-state index in [0.29, 0.717) is 9.93 Å². The monoisotopic (exact) mass is 1190 g/mol. The van der Waals surface area contributed by atoms with E-state index in [4.69, 9.17) is 39.8 Å². The van der Waals surface area contributed by atoms with Gasteiger partial charge in [-0.1, -0.05) is 7.43 Å². The maximum atomic E-state index is 14.5. The van der Waals surface area contributed by atoms with E-state index < -0.39 is 119 Å². The second-order valence-electron chi connectivity index (χ2n) is 20.9. The molecule has 0 bridgehead atoms. The number of alkyl halides is 6. The predicted octanol–water partition coefficient (Wildman–Crippen LogP) is 12.1. The first kappa shape index (κ1) is 66.1. The molecule has 7 rings (SSSR count). The van der Waals surface area contributed by atoms with Crippen molar-refractivity contribution in [3.63, 3.8) is 0 Å². The molecule has 7 heterocycles. The van der Waals surface area contributed by atoms with Crippen molar-refractivity contribution in [3.05, 3.63) is 122 Å². The van der Waals surface area contributed by atoms with E-state index in [1.807, 2.05) is 39.8 Å². The zero-order valence-electron chi connectivity index (χ0n) is 44.5. The van der Waals surface area contributed by atoms with E-state index in [1.54, 1.807) is 20.8 Å². The maximum Gasteiger partial charge on any atom is 0.490 e. The first-order chi connectivity index (χ1) is 36.2. The van der Waals surface area contributed by atoms with Crippen LogP contribution in [0.1, 0.15) is 129 Å². The molecule has 1 fully saturated rings. The van der Waals surface area contributed by atoms with Gasteiger partial charge in [0.2, 0.25) is 5.60 Å². The Morgan fingerprint density at radius 1 is 0.762 bits per heavy atom. The quantitative estimate of drug-likeness (QED) is 0.0996. The minimum absolute atomic E-state index is 0. The maximum absolute atomic E-state index is 14.5. The number of aliphatic imine (C=N–C) groups is 2. The third-order valence-electron chi connectivity index (χ3n) is 12.9. The van der Waals surface area contributed by atoms with Crippen molar-refractivity contribution >= 4 is 65.2 Å². The minimum Gasteiger partial charge on any atom is -0.400 e. The molecule has 0 aromatic carbocycles. The standard InChI is InChI=1S/C20H16F5N5O.C18H21BBrF4NO3.C14H16BFN2O2.CH4/c1-18(10-31-19(2,17(27)30-18)20(23,24)25)16-13(21)5-4-12(29-16)7-14(22)15-6-3-11(8-26)9-28-15;1-15(2,3)28-13(26)8-11-17(5,18(22,23)24)27-9-16(4,25-11)14-10(21)6-7-12(20)19-14;1-13(2)14(3,4)20-15(19-13)7-11(16)12-6-5-10(8-17)9-18-12;/h3-7,9H,10H2,1-2H3,(H2,27,30);6-7H,8-9H2,1-5H3;5-7,9H,1-4H3;1H4/b14-7-;;11-7-;/t18-,19+;16-,17+;;/m00../s1. The van der Waals surface area contributed by atoms with Crippen molar-refractivity contribution in [1.82, 2.24) is 15.0 Å². The van der Waals surface area contributed by atoms with Crippen LogP contribution in [0, 0.1) is 34.3 Å². The van der Waals surface area contributed by atoms with Gasteiger partial charge in [-0.15, -0.1) is 0 Å². The molecule has 80 heavy (non-hydrogen) atoms. The molecule has 0 spiro atoms. The topological polar surface area (TPSA) is 200 Å². The number of halogens is 11. The molecule has 14 nitrogen and oxygen atoms in total. The van der Waals surface area contributed by atoms with Gasteiger partial charge in [0.1, 0.15) is 40.9 Å². The molecule has 4 atom stereocenters. The number of esters is 1. The zero-order valence-corrected chi connectivity index (χ0v) is 46.1. The van der Waals surface area contributed by atoms with Crippen LogP contribution in [0.4, 0.5) is 43.9 Å². The summed E-state index contributed by atoms with van der Waals surface area (Å²) in [7, 11) is -0.752. The van der Waals surface area contributed by atoms with Gasteiger partial charge in [-0.3, -0.25) is 15.0 Å². The van der Waals surface area contributed by atoms with Gasteiger partial charge in [-0.05, 0) is 83.9 Å². The Labute approximate surface area is 466 Å². The molecule has 2 N–H and O–H groups in total. The summed E-state index contributed by atoms with van der Waals surface area (Å²) >= 11 is 3.22. The summed E-state index contributed by atoms with van der Waals surface area (Å²) in [5, 5.41) is 17.4. The average Bonchev–Trinajstić information content (AvgIpc) is 3.55. The summed E-state index contributed by atoms with van der Waals surface area (Å²) in [5.74, 6) is -3.34. The van der Waals surface area contributed by atoms with Crippen molar-refractivity contribution in [1.29, 1.82) is 10.5 Å². The number of hydrogen-bond acceptors (Lipinski definition) is 14. The third kappa shape index (κ3) is 15.1. The molecule has 27 heteroatoms. The number of nitrogens with two attached hydrogens (primary N) is 1. The number of carbonyl (C=O) groups is 1. The Bertz CT molecular complexity index is 3130. The van der Waals surface area contributed by atoms with Gasteiger partial charge in [-0.2, -0.15) is 23.7 Å². The first-order valence-corrected chi connectivity index (χ1v) is 24.6. The zero-order chi connectivity index (χ0) is 59.5. The van der Waals surface area contributed by atoms with Gasteiger partial charge < -0.3 is 19.8 Å². The van der Waals surface area contributed by atoms with Gasteiger partial charge in [0, 0.05) is 18.5 Å². The predicted molar refractivity (Wildman–Crippen MR) is 283 cm³/mol. The Hall–Kier alpha value is -6.38. The Balaban J connectivity index is 0.000000262. The van der Waals surface area contributed by atoms with Crippen molar-refractivity contribution in [3.8, 4) is 12.1 Å². The molecule has 3 aliphatic rings. The smallest absolute Gasteiger partial charge is 0.400 e. The molecule has 3 aliphatic heterocycles. The van der Waals surface area contributed by atoms with Gasteiger partial charge in [0.25, 0.3) is 0 Å². The molecular formula is C53H57B2BrF10N8O6. The number of pyridine rings is 3. The molecule has 4 aromatic rings. The number of nitriles is 2. The van der Waals surface area contributed by atoms with E-state index >= 15 is 0 Å². The number of rotatable bonds is 8. The SMILES string of the molecule is C.CC(C)(C)OC(=O)CC1=N[C@](C)(c2bc(Br)ccc2F)CO[C@@]1(C)C(F)(F)F.CC1(C)OB(/C=C(\F)c2ccc(C#N)cn2)OC1(C)C.C[C@@]1(c2nc(/C=C(\F)c3ccc(C#N)cn3)ccc2F)CO[C@@](C)(C(F)(F)F)C(N)=N1. The van der Waals surface area contributed by atoms with Crippen LogP contribution in [0.25, 0.3) is 17.7 Å². The van der Waals surface area contributed by atoms with Gasteiger partial charge in [-0.25, -0.2) is 18.2 Å². The molecule has 0 saturated carbocycles. The largest absolute Gasteiger partial charge is 0.490 e. The van der Waals surface area contributed by atoms with Crippen LogP contribution in [0.2, 0.25) is 0 Å². The van der Waals surface area contributed by atoms with Crippen molar-refractivity contribution in [2.75, 3.05) is 13.2 Å². The van der Waals surface area contributed by atoms with Crippen LogP contribution in [-0.2, 0) is 39.4 Å². The fourth-order valence-corrected chi connectivity index (χ4v) is 7.78. The van der Waals surface area contributed by atoms with Crippen LogP contribution in [0.5, 0.6) is 0 Å². The van der Waals surface area contributed by atoms with Gasteiger partial charge >= 0.3 is 183 Å². The third-order valence-corrected chi connectivity index (χ3v) is 13.4. The van der Waals surface area contributed by atoms with E-state index in [9.17, 15) is 48.7 Å². The van der Waals surface area contributed by atoms with Crippen molar-refractivity contribution < 1.29 is 72.2 Å². The summed E-state index contributed by atoms with van der Waals surface area (Å²) in [5.41, 5.74) is -5.21. The molecule has 428 valence electrons. The van der Waals surface area contributed by atoms with Crippen LogP contribution in [-0.4, -0.2) is 100 Å². The van der Waals surface area contributed by atoms with Crippen LogP contribution < -0.4 is 5.73 Å². The van der Waals surface area contributed by atoms with Gasteiger partial charge in [0.15, 0.2) is 5.83 Å². The van der Waals surface area contributed by atoms with E-state index in [2.05, 4.69) is 40.9 Å². The Kier molecular flexibility index (Phi) is 20.2. The first-order valence-electron chi connectivity index (χ1n) is 23.8. The average molecular weight is 1190 g/mol. The number of aromatic nitrogens is 3. The van der Waals surface area contributed by atoms with Crippen molar-refractivity contribution in [2.45, 2.75) is 141 Å². The van der Waals surface area contributed by atoms with E-state index in [-0.39, 0.29) is 41.2 Å². The van der Waals surface area contributed by atoms with Crippen molar-refractivity contribution in [2.24, 2.45) is 15.7 Å². The second-order valence-corrected chi connectivity index (χ2v) is 21.8. The molecular weight excluding hydrogens is 1140 g/mol. The summed E-state index contributed by atoms with van der Waals surface area (Å²) in [4.78, 5) is 31.9. The van der Waals surface area contributed by atoms with Crippen LogP contribution >= 0.6 is 15.9 Å². The fraction of sp³-hybridized carbons (Fsp3) is 0.453. The summed E-state index contributed by atoms with van der Waals surface area (Å²) in [6, 6.07) is 14.2. The minimum atomic E-state index is -4.82. The number of ether oxygens (including phenoxy) is 3. The van der Waals surface area contributed by atoms with E-state index in [0.717, 1.165) is 26.0 Å². The molecule has 4 aromatic heterocycles. The summed E-state index contributed by atoms with van der Waals surface area (Å²) < 4.78 is 166. The Morgan fingerprint density at radius 2 is 1.26 bits per heavy atom. The molecule has 0 aliphatic carbocycles. The normalized spacial score (nSPS) is 23.7. The molecule has 0 unspecified atom stereocenters. The Morgan fingerprint density at radius 3 is 1.74 bits per heavy atom. The van der Waals surface area contributed by atoms with Crippen LogP contribution in [0.15, 0.2) is 81.3 Å². The number of hydrogen-bond donors (Lipinski definition) is 1. The molecule has 0 amide bonds. The second kappa shape index (κ2) is 24.4. The summed E-state index contributed by atoms with van der Waals surface area (Å²) in [6.45, 7) is 17.0. The number of amidine groups is 1. The van der Waals surface area contributed by atoms with Gasteiger partial charge in [0.05, 0.1) is 46.0 Å². The fourth-order valence-electron chi connectivity index (χ4n) is 7.42. The molecule has 1 saturated heterocycles. The molecule has 0 radical (unpaired) electrons. The van der Waals surface area contributed by atoms with E-state index in [1.165, 1.54) is 81.6 Å². The number of carbonyl (C=O) groups excluding carboxylic acids is 1. The summed E-state index contributed by atoms with van der Waals surface area (Å²) in [6.07, 6.45) is -6.88.